The summed E-state index contributed by atoms with van der Waals surface area (Å²) in [5.74, 6) is 0. The first kappa shape index (κ1) is 19.7. The first-order chi connectivity index (χ1) is 13.8. The van der Waals surface area contributed by atoms with Gasteiger partial charge in [0, 0.05) is 37.6 Å². The van der Waals surface area contributed by atoms with Gasteiger partial charge in [0.15, 0.2) is 0 Å². The van der Waals surface area contributed by atoms with Crippen LogP contribution in [0.5, 0.6) is 0 Å². The molecule has 0 amide bonds. The molecule has 4 saturated heterocycles. The van der Waals surface area contributed by atoms with E-state index in [1.54, 1.807) is 0 Å². The van der Waals surface area contributed by atoms with Crippen LogP contribution in [0.3, 0.4) is 0 Å². The molecule has 5 rings (SSSR count). The summed E-state index contributed by atoms with van der Waals surface area (Å²) in [6.45, 7) is 5.46. The van der Waals surface area contributed by atoms with Crippen LogP contribution in [0.1, 0.15) is 24.8 Å². The second kappa shape index (κ2) is 6.91. The molecule has 156 valence electrons. The Hall–Kier alpha value is -1.21. The number of nitriles is 1. The summed E-state index contributed by atoms with van der Waals surface area (Å²) in [6, 6.07) is 6.74. The van der Waals surface area contributed by atoms with E-state index in [2.05, 4.69) is 4.90 Å². The summed E-state index contributed by atoms with van der Waals surface area (Å²) in [7, 11) is -3.74. The Labute approximate surface area is 176 Å². The fourth-order valence-corrected chi connectivity index (χ4v) is 7.04. The molecule has 9 heteroatoms. The fraction of sp³-hybridized carbons (Fsp3) is 0.650. The zero-order valence-corrected chi connectivity index (χ0v) is 17.7. The third-order valence-corrected chi connectivity index (χ3v) is 9.29. The van der Waals surface area contributed by atoms with Crippen LogP contribution in [0.15, 0.2) is 23.1 Å². The molecule has 1 aromatic rings. The van der Waals surface area contributed by atoms with Crippen LogP contribution in [-0.4, -0.2) is 75.3 Å². The van der Waals surface area contributed by atoms with Gasteiger partial charge in [-0.15, -0.1) is 0 Å². The Morgan fingerprint density at radius 2 is 1.93 bits per heavy atom. The fourth-order valence-electron chi connectivity index (χ4n) is 5.09. The van der Waals surface area contributed by atoms with Crippen molar-refractivity contribution in [3.8, 4) is 6.07 Å². The number of rotatable bonds is 3. The molecule has 4 aliphatic rings. The first-order valence-electron chi connectivity index (χ1n) is 10.0. The maximum Gasteiger partial charge on any atom is 0.244 e. The minimum Gasteiger partial charge on any atom is -0.380 e. The highest BCUT2D eigenvalue weighted by molar-refractivity contribution is 7.89. The van der Waals surface area contributed by atoms with Gasteiger partial charge in [-0.3, -0.25) is 4.90 Å². The largest absolute Gasteiger partial charge is 0.380 e. The van der Waals surface area contributed by atoms with Gasteiger partial charge in [0.1, 0.15) is 4.90 Å². The van der Waals surface area contributed by atoms with Crippen LogP contribution >= 0.6 is 11.6 Å². The standard InChI is InChI=1S/C20H24ClN3O4S/c21-17-2-1-15(9-22)7-18(17)29(25,26)24-5-3-20(4-6-24)8-16(10-28-20)23-11-19(12-23)13-27-14-19/h1-2,7,16H,3-6,8,10-14H2. The van der Waals surface area contributed by atoms with Crippen molar-refractivity contribution in [1.82, 2.24) is 9.21 Å². The molecule has 29 heavy (non-hydrogen) atoms. The summed E-state index contributed by atoms with van der Waals surface area (Å²) in [5.41, 5.74) is 0.450. The van der Waals surface area contributed by atoms with Gasteiger partial charge in [-0.1, -0.05) is 11.6 Å². The topological polar surface area (TPSA) is 82.9 Å². The van der Waals surface area contributed by atoms with Gasteiger partial charge in [0.05, 0.1) is 42.1 Å². The van der Waals surface area contributed by atoms with Crippen molar-refractivity contribution in [2.45, 2.75) is 35.8 Å². The Morgan fingerprint density at radius 3 is 2.55 bits per heavy atom. The zero-order chi connectivity index (χ0) is 20.3. The van der Waals surface area contributed by atoms with Gasteiger partial charge >= 0.3 is 0 Å². The maximum atomic E-state index is 13.1. The number of hydrogen-bond donors (Lipinski definition) is 0. The highest BCUT2D eigenvalue weighted by Crippen LogP contribution is 2.44. The lowest BCUT2D eigenvalue weighted by atomic mass is 9.76. The van der Waals surface area contributed by atoms with E-state index in [-0.39, 0.29) is 21.1 Å². The molecule has 0 N–H and O–H groups in total. The molecular weight excluding hydrogens is 414 g/mol. The van der Waals surface area contributed by atoms with Gasteiger partial charge in [0.2, 0.25) is 10.0 Å². The lowest BCUT2D eigenvalue weighted by Gasteiger charge is -2.57. The lowest BCUT2D eigenvalue weighted by molar-refractivity contribution is -0.197. The van der Waals surface area contributed by atoms with Crippen LogP contribution in [0.25, 0.3) is 0 Å². The molecule has 0 radical (unpaired) electrons. The van der Waals surface area contributed by atoms with Gasteiger partial charge in [0.25, 0.3) is 0 Å². The molecular formula is C20H24ClN3O4S. The molecule has 4 heterocycles. The molecule has 7 nitrogen and oxygen atoms in total. The lowest BCUT2D eigenvalue weighted by Crippen LogP contribution is -2.68. The molecule has 2 spiro atoms. The smallest absolute Gasteiger partial charge is 0.244 e. The highest BCUT2D eigenvalue weighted by atomic mass is 35.5. The summed E-state index contributed by atoms with van der Waals surface area (Å²) in [5, 5.41) is 9.23. The summed E-state index contributed by atoms with van der Waals surface area (Å²) < 4.78 is 39.2. The molecule has 1 atom stereocenters. The summed E-state index contributed by atoms with van der Waals surface area (Å²) in [4.78, 5) is 2.50. The minimum atomic E-state index is -3.74. The average Bonchev–Trinajstić information content (AvgIpc) is 3.03. The number of halogens is 1. The van der Waals surface area contributed by atoms with E-state index in [1.807, 2.05) is 6.07 Å². The van der Waals surface area contributed by atoms with Crippen molar-refractivity contribution in [3.63, 3.8) is 0 Å². The SMILES string of the molecule is N#Cc1ccc(Cl)c(S(=O)(=O)N2CCC3(CC2)CC(N2CC4(COC4)C2)CO3)c1. The van der Waals surface area contributed by atoms with Gasteiger partial charge in [-0.05, 0) is 37.5 Å². The monoisotopic (exact) mass is 437 g/mol. The first-order valence-corrected chi connectivity index (χ1v) is 11.8. The van der Waals surface area contributed by atoms with Crippen LogP contribution in [-0.2, 0) is 19.5 Å². The molecule has 4 aliphatic heterocycles. The van der Waals surface area contributed by atoms with Crippen molar-refractivity contribution in [2.24, 2.45) is 5.41 Å². The van der Waals surface area contributed by atoms with E-state index < -0.39 is 10.0 Å². The van der Waals surface area contributed by atoms with Gasteiger partial charge in [-0.2, -0.15) is 9.57 Å². The molecule has 0 aliphatic carbocycles. The molecule has 1 unspecified atom stereocenters. The minimum absolute atomic E-state index is 0.00739. The van der Waals surface area contributed by atoms with Crippen molar-refractivity contribution >= 4 is 21.6 Å². The quantitative estimate of drug-likeness (QED) is 0.717. The van der Waals surface area contributed by atoms with Crippen LogP contribution < -0.4 is 0 Å². The van der Waals surface area contributed by atoms with Crippen LogP contribution in [0.4, 0.5) is 0 Å². The third kappa shape index (κ3) is 3.29. The molecule has 0 aromatic heterocycles. The van der Waals surface area contributed by atoms with Crippen molar-refractivity contribution in [3.05, 3.63) is 28.8 Å². The molecule has 0 bridgehead atoms. The third-order valence-electron chi connectivity index (χ3n) is 6.91. The number of ether oxygens (including phenoxy) is 2. The second-order valence-electron chi connectivity index (χ2n) is 8.91. The average molecular weight is 438 g/mol. The Morgan fingerprint density at radius 1 is 1.21 bits per heavy atom. The van der Waals surface area contributed by atoms with Gasteiger partial charge in [-0.25, -0.2) is 8.42 Å². The van der Waals surface area contributed by atoms with E-state index in [0.717, 1.165) is 39.3 Å². The molecule has 1 aromatic carbocycles. The van der Waals surface area contributed by atoms with E-state index in [0.29, 0.717) is 37.4 Å². The number of hydrogen-bond acceptors (Lipinski definition) is 6. The van der Waals surface area contributed by atoms with Crippen LogP contribution in [0, 0.1) is 16.7 Å². The molecule has 4 fully saturated rings. The van der Waals surface area contributed by atoms with Crippen LogP contribution in [0.2, 0.25) is 5.02 Å². The Balaban J connectivity index is 1.23. The Kier molecular flexibility index (Phi) is 4.70. The number of benzene rings is 1. The van der Waals surface area contributed by atoms with E-state index in [9.17, 15) is 8.42 Å². The van der Waals surface area contributed by atoms with E-state index >= 15 is 0 Å². The Bertz CT molecular complexity index is 956. The predicted octanol–water partition coefficient (Wildman–Crippen LogP) is 1.86. The van der Waals surface area contributed by atoms with Gasteiger partial charge < -0.3 is 9.47 Å². The maximum absolute atomic E-state index is 13.1. The number of likely N-dealkylation sites (tertiary alicyclic amines) is 1. The number of nitrogens with zero attached hydrogens (tertiary/aromatic N) is 3. The zero-order valence-electron chi connectivity index (χ0n) is 16.1. The van der Waals surface area contributed by atoms with Crippen molar-refractivity contribution < 1.29 is 17.9 Å². The van der Waals surface area contributed by atoms with E-state index in [4.69, 9.17) is 26.3 Å². The second-order valence-corrected chi connectivity index (χ2v) is 11.2. The predicted molar refractivity (Wildman–Crippen MR) is 106 cm³/mol. The van der Waals surface area contributed by atoms with Crippen molar-refractivity contribution in [2.75, 3.05) is 46.0 Å². The normalized spacial score (nSPS) is 28.8. The molecule has 0 saturated carbocycles. The highest BCUT2D eigenvalue weighted by Gasteiger charge is 2.54. The van der Waals surface area contributed by atoms with E-state index in [1.165, 1.54) is 22.5 Å². The number of sulfonamides is 1. The summed E-state index contributed by atoms with van der Waals surface area (Å²) >= 11 is 6.14. The summed E-state index contributed by atoms with van der Waals surface area (Å²) in [6.07, 6.45) is 2.32. The number of piperidine rings is 1. The van der Waals surface area contributed by atoms with Crippen molar-refractivity contribution in [1.29, 1.82) is 5.26 Å².